The molecule has 0 radical (unpaired) electrons. The van der Waals surface area contributed by atoms with Crippen molar-refractivity contribution >= 4 is 33.1 Å². The number of ether oxygens (including phenoxy) is 2. The molecule has 0 amide bonds. The fourth-order valence-electron chi connectivity index (χ4n) is 1.72. The van der Waals surface area contributed by atoms with Crippen LogP contribution in [0.1, 0.15) is 11.1 Å². The molecule has 2 N–H and O–H groups in total. The van der Waals surface area contributed by atoms with Crippen molar-refractivity contribution in [2.75, 3.05) is 13.2 Å². The van der Waals surface area contributed by atoms with E-state index in [-0.39, 0.29) is 0 Å². The Kier molecular flexibility index (Phi) is 5.59. The maximum Gasteiger partial charge on any atom is 0.133 e. The average molecular weight is 366 g/mol. The first-order valence-electron chi connectivity index (χ1n) is 6.48. The van der Waals surface area contributed by atoms with Crippen LogP contribution in [-0.4, -0.2) is 18.2 Å². The van der Waals surface area contributed by atoms with Gasteiger partial charge in [0.25, 0.3) is 0 Å². The van der Waals surface area contributed by atoms with Gasteiger partial charge in [0.2, 0.25) is 0 Å². The Morgan fingerprint density at radius 2 is 1.76 bits per heavy atom. The topological polar surface area (TPSA) is 44.5 Å². The van der Waals surface area contributed by atoms with Crippen LogP contribution in [0.25, 0.3) is 0 Å². The van der Waals surface area contributed by atoms with Crippen LogP contribution in [0.5, 0.6) is 11.5 Å². The minimum absolute atomic E-state index is 0.366. The van der Waals surface area contributed by atoms with Gasteiger partial charge in [0.15, 0.2) is 0 Å². The second-order valence-electron chi connectivity index (χ2n) is 4.52. The van der Waals surface area contributed by atoms with Crippen LogP contribution < -0.4 is 15.2 Å². The largest absolute Gasteiger partial charge is 0.490 e. The molecule has 110 valence electrons. The lowest BCUT2D eigenvalue weighted by molar-refractivity contribution is 0.216. The Balaban J connectivity index is 1.83. The summed E-state index contributed by atoms with van der Waals surface area (Å²) >= 11 is 8.37. The first-order chi connectivity index (χ1) is 10.1. The second-order valence-corrected chi connectivity index (χ2v) is 5.81. The van der Waals surface area contributed by atoms with Crippen LogP contribution in [0.3, 0.4) is 0 Å². The molecule has 0 saturated carbocycles. The number of aryl methyl sites for hydroxylation is 1. The van der Waals surface area contributed by atoms with Gasteiger partial charge in [0.1, 0.15) is 29.7 Å². The number of nitrogens with two attached hydrogens (primary N) is 1. The Morgan fingerprint density at radius 1 is 1.10 bits per heavy atom. The molecule has 0 bridgehead atoms. The van der Waals surface area contributed by atoms with Crippen LogP contribution >= 0.6 is 28.1 Å². The zero-order valence-corrected chi connectivity index (χ0v) is 14.0. The van der Waals surface area contributed by atoms with Gasteiger partial charge in [0, 0.05) is 5.56 Å². The van der Waals surface area contributed by atoms with Crippen LogP contribution in [0.15, 0.2) is 46.9 Å². The standard InChI is InChI=1S/C16H16BrNO2S/c1-11-2-5-13(6-3-11)19-8-9-20-15-7-4-12(16(18)21)10-14(15)17/h2-7,10H,8-9H2,1H3,(H2,18,21). The molecule has 0 aliphatic carbocycles. The quantitative estimate of drug-likeness (QED) is 0.623. The van der Waals surface area contributed by atoms with Gasteiger partial charge in [-0.3, -0.25) is 0 Å². The van der Waals surface area contributed by atoms with E-state index >= 15 is 0 Å². The molecule has 21 heavy (non-hydrogen) atoms. The van der Waals surface area contributed by atoms with Crippen molar-refractivity contribution in [1.29, 1.82) is 0 Å². The fraction of sp³-hybridized carbons (Fsp3) is 0.188. The molecule has 2 aromatic rings. The van der Waals surface area contributed by atoms with Crippen molar-refractivity contribution in [3.63, 3.8) is 0 Å². The first-order valence-corrected chi connectivity index (χ1v) is 7.68. The number of halogens is 1. The summed E-state index contributed by atoms with van der Waals surface area (Å²) in [5.41, 5.74) is 7.59. The normalized spacial score (nSPS) is 10.2. The third-order valence-electron chi connectivity index (χ3n) is 2.85. The summed E-state index contributed by atoms with van der Waals surface area (Å²) in [6.07, 6.45) is 0. The molecule has 0 fully saturated rings. The molecule has 0 atom stereocenters. The van der Waals surface area contributed by atoms with E-state index in [1.165, 1.54) is 5.56 Å². The van der Waals surface area contributed by atoms with Crippen molar-refractivity contribution in [3.05, 3.63) is 58.1 Å². The highest BCUT2D eigenvalue weighted by molar-refractivity contribution is 9.10. The lowest BCUT2D eigenvalue weighted by Crippen LogP contribution is -2.11. The molecule has 0 unspecified atom stereocenters. The van der Waals surface area contributed by atoms with E-state index in [1.54, 1.807) is 0 Å². The Labute approximate surface area is 138 Å². The molecule has 2 aromatic carbocycles. The highest BCUT2D eigenvalue weighted by Crippen LogP contribution is 2.26. The monoisotopic (exact) mass is 365 g/mol. The smallest absolute Gasteiger partial charge is 0.133 e. The highest BCUT2D eigenvalue weighted by Gasteiger charge is 2.04. The number of thiocarbonyl (C=S) groups is 1. The molecular formula is C16H16BrNO2S. The molecule has 3 nitrogen and oxygen atoms in total. The van der Waals surface area contributed by atoms with Gasteiger partial charge in [-0.05, 0) is 53.2 Å². The minimum Gasteiger partial charge on any atom is -0.490 e. The third-order valence-corrected chi connectivity index (χ3v) is 3.70. The lowest BCUT2D eigenvalue weighted by atomic mass is 10.2. The number of rotatable bonds is 6. The summed E-state index contributed by atoms with van der Waals surface area (Å²) in [5, 5.41) is 0. The van der Waals surface area contributed by atoms with Gasteiger partial charge in [-0.1, -0.05) is 29.9 Å². The summed E-state index contributed by atoms with van der Waals surface area (Å²) in [5.74, 6) is 1.58. The van der Waals surface area contributed by atoms with Gasteiger partial charge in [-0.25, -0.2) is 0 Å². The van der Waals surface area contributed by atoms with E-state index in [0.717, 1.165) is 21.5 Å². The maximum atomic E-state index is 5.66. The van der Waals surface area contributed by atoms with Crippen molar-refractivity contribution in [1.82, 2.24) is 0 Å². The Bertz CT molecular complexity index is 629. The van der Waals surface area contributed by atoms with E-state index < -0.39 is 0 Å². The second kappa shape index (κ2) is 7.43. The minimum atomic E-state index is 0.366. The molecule has 2 rings (SSSR count). The van der Waals surface area contributed by atoms with E-state index in [1.807, 2.05) is 49.4 Å². The Hall–Kier alpha value is -1.59. The maximum absolute atomic E-state index is 5.66. The van der Waals surface area contributed by atoms with Crippen LogP contribution in [0.2, 0.25) is 0 Å². The predicted molar refractivity (Wildman–Crippen MR) is 92.2 cm³/mol. The molecule has 5 heteroatoms. The zero-order valence-electron chi connectivity index (χ0n) is 11.6. The summed E-state index contributed by atoms with van der Waals surface area (Å²) in [7, 11) is 0. The van der Waals surface area contributed by atoms with Gasteiger partial charge < -0.3 is 15.2 Å². The fourth-order valence-corrected chi connectivity index (χ4v) is 2.34. The summed E-state index contributed by atoms with van der Waals surface area (Å²) in [4.78, 5) is 0.366. The van der Waals surface area contributed by atoms with Crippen molar-refractivity contribution < 1.29 is 9.47 Å². The zero-order chi connectivity index (χ0) is 15.2. The molecule has 0 aromatic heterocycles. The number of hydrogen-bond donors (Lipinski definition) is 1. The van der Waals surface area contributed by atoms with E-state index in [9.17, 15) is 0 Å². The number of benzene rings is 2. The molecule has 0 heterocycles. The molecule has 0 saturated heterocycles. The third kappa shape index (κ3) is 4.72. The molecular weight excluding hydrogens is 350 g/mol. The summed E-state index contributed by atoms with van der Waals surface area (Å²) < 4.78 is 12.1. The summed E-state index contributed by atoms with van der Waals surface area (Å²) in [6.45, 7) is 2.98. The van der Waals surface area contributed by atoms with Crippen molar-refractivity contribution in [2.24, 2.45) is 5.73 Å². The molecule has 0 aliphatic rings. The van der Waals surface area contributed by atoms with Crippen LogP contribution in [0, 0.1) is 6.92 Å². The van der Waals surface area contributed by atoms with E-state index in [0.29, 0.717) is 18.2 Å². The van der Waals surface area contributed by atoms with Crippen LogP contribution in [-0.2, 0) is 0 Å². The Morgan fingerprint density at radius 3 is 2.38 bits per heavy atom. The van der Waals surface area contributed by atoms with Gasteiger partial charge >= 0.3 is 0 Å². The van der Waals surface area contributed by atoms with Crippen LogP contribution in [0.4, 0.5) is 0 Å². The average Bonchev–Trinajstić information content (AvgIpc) is 2.46. The van der Waals surface area contributed by atoms with Gasteiger partial charge in [0.05, 0.1) is 4.47 Å². The SMILES string of the molecule is Cc1ccc(OCCOc2ccc(C(N)=S)cc2Br)cc1. The predicted octanol–water partition coefficient (Wildman–Crippen LogP) is 3.85. The van der Waals surface area contributed by atoms with Gasteiger partial charge in [-0.2, -0.15) is 0 Å². The summed E-state index contributed by atoms with van der Waals surface area (Å²) in [6, 6.07) is 13.4. The number of hydrogen-bond acceptors (Lipinski definition) is 3. The van der Waals surface area contributed by atoms with Gasteiger partial charge in [-0.15, -0.1) is 0 Å². The first kappa shape index (κ1) is 15.8. The van der Waals surface area contributed by atoms with E-state index in [2.05, 4.69) is 15.9 Å². The van der Waals surface area contributed by atoms with Crippen molar-refractivity contribution in [3.8, 4) is 11.5 Å². The van der Waals surface area contributed by atoms with Crippen molar-refractivity contribution in [2.45, 2.75) is 6.92 Å². The lowest BCUT2D eigenvalue weighted by Gasteiger charge is -2.10. The molecule has 0 aliphatic heterocycles. The molecule has 0 spiro atoms. The van der Waals surface area contributed by atoms with E-state index in [4.69, 9.17) is 27.4 Å². The highest BCUT2D eigenvalue weighted by atomic mass is 79.9.